The van der Waals surface area contributed by atoms with E-state index >= 15 is 0 Å². The number of piperidine rings is 1. The summed E-state index contributed by atoms with van der Waals surface area (Å²) in [6, 6.07) is 0.0641. The zero-order valence-electron chi connectivity index (χ0n) is 10.3. The van der Waals surface area contributed by atoms with E-state index in [0.29, 0.717) is 18.8 Å². The molecule has 1 amide bonds. The predicted molar refractivity (Wildman–Crippen MR) is 64.1 cm³/mol. The Morgan fingerprint density at radius 1 is 1.44 bits per heavy atom. The summed E-state index contributed by atoms with van der Waals surface area (Å²) in [6.45, 7) is 5.74. The molecule has 3 N–H and O–H groups in total. The van der Waals surface area contributed by atoms with Gasteiger partial charge in [0.2, 0.25) is 5.91 Å². The largest absolute Gasteiger partial charge is 0.393 e. The van der Waals surface area contributed by atoms with E-state index in [-0.39, 0.29) is 18.1 Å². The van der Waals surface area contributed by atoms with E-state index in [1.54, 1.807) is 6.92 Å². The van der Waals surface area contributed by atoms with E-state index in [0.717, 1.165) is 25.9 Å². The molecule has 4 nitrogen and oxygen atoms in total. The Labute approximate surface area is 97.8 Å². The van der Waals surface area contributed by atoms with E-state index in [1.165, 1.54) is 0 Å². The van der Waals surface area contributed by atoms with Crippen LogP contribution in [-0.2, 0) is 4.79 Å². The molecule has 1 rings (SSSR count). The summed E-state index contributed by atoms with van der Waals surface area (Å²) in [4.78, 5) is 11.7. The Bertz CT molecular complexity index is 213. The summed E-state index contributed by atoms with van der Waals surface area (Å²) in [5.74, 6) is 0.653. The number of amides is 1. The van der Waals surface area contributed by atoms with Gasteiger partial charge in [0.05, 0.1) is 6.10 Å². The first-order valence-electron chi connectivity index (χ1n) is 6.26. The molecule has 2 unspecified atom stereocenters. The molecule has 1 heterocycles. The topological polar surface area (TPSA) is 61.4 Å². The maximum atomic E-state index is 11.7. The van der Waals surface area contributed by atoms with Gasteiger partial charge in [0.1, 0.15) is 0 Å². The number of aliphatic hydroxyl groups is 1. The molecule has 16 heavy (non-hydrogen) atoms. The third-order valence-corrected chi connectivity index (χ3v) is 3.03. The van der Waals surface area contributed by atoms with Crippen LogP contribution in [0.1, 0.15) is 39.5 Å². The molecule has 0 saturated carbocycles. The molecule has 0 aromatic carbocycles. The van der Waals surface area contributed by atoms with E-state index in [9.17, 15) is 9.90 Å². The maximum Gasteiger partial charge on any atom is 0.220 e. The highest BCUT2D eigenvalue weighted by molar-refractivity contribution is 5.76. The Morgan fingerprint density at radius 2 is 2.06 bits per heavy atom. The minimum atomic E-state index is -0.353. The van der Waals surface area contributed by atoms with Crippen LogP contribution < -0.4 is 10.6 Å². The number of carbonyl (C=O) groups excluding carboxylic acids is 1. The molecule has 4 heteroatoms. The first-order chi connectivity index (χ1) is 7.58. The second-order valence-corrected chi connectivity index (χ2v) is 4.95. The molecule has 0 bridgehead atoms. The van der Waals surface area contributed by atoms with Gasteiger partial charge >= 0.3 is 0 Å². The lowest BCUT2D eigenvalue weighted by Gasteiger charge is -2.23. The molecule has 0 aromatic heterocycles. The van der Waals surface area contributed by atoms with Gasteiger partial charge < -0.3 is 15.7 Å². The van der Waals surface area contributed by atoms with E-state index < -0.39 is 0 Å². The fraction of sp³-hybridized carbons (Fsp3) is 0.917. The van der Waals surface area contributed by atoms with Gasteiger partial charge in [0.15, 0.2) is 0 Å². The Kier molecular flexibility index (Phi) is 5.77. The molecule has 1 aliphatic rings. The number of carbonyl (C=O) groups is 1. The summed E-state index contributed by atoms with van der Waals surface area (Å²) in [7, 11) is 0. The zero-order chi connectivity index (χ0) is 12.0. The number of hydrogen-bond donors (Lipinski definition) is 3. The van der Waals surface area contributed by atoms with Gasteiger partial charge in [-0.05, 0) is 52.1 Å². The summed E-state index contributed by atoms with van der Waals surface area (Å²) >= 11 is 0. The van der Waals surface area contributed by atoms with Crippen molar-refractivity contribution in [3.63, 3.8) is 0 Å². The highest BCUT2D eigenvalue weighted by atomic mass is 16.3. The highest BCUT2D eigenvalue weighted by Gasteiger charge is 2.18. The molecular weight excluding hydrogens is 204 g/mol. The van der Waals surface area contributed by atoms with Gasteiger partial charge in [-0.25, -0.2) is 0 Å². The second kappa shape index (κ2) is 6.86. The SMILES string of the molecule is CC(O)CC(C)NC(=O)CC1CCNCC1. The molecule has 1 fully saturated rings. The smallest absolute Gasteiger partial charge is 0.220 e. The van der Waals surface area contributed by atoms with Gasteiger partial charge in [-0.15, -0.1) is 0 Å². The number of nitrogens with one attached hydrogen (secondary N) is 2. The first-order valence-corrected chi connectivity index (χ1v) is 6.26. The molecule has 0 radical (unpaired) electrons. The Morgan fingerprint density at radius 3 is 2.62 bits per heavy atom. The third kappa shape index (κ3) is 5.47. The third-order valence-electron chi connectivity index (χ3n) is 3.03. The second-order valence-electron chi connectivity index (χ2n) is 4.95. The van der Waals surface area contributed by atoms with Crippen LogP contribution in [0.15, 0.2) is 0 Å². The fourth-order valence-electron chi connectivity index (χ4n) is 2.25. The number of hydrogen-bond acceptors (Lipinski definition) is 3. The van der Waals surface area contributed by atoms with Crippen LogP contribution in [0.25, 0.3) is 0 Å². The van der Waals surface area contributed by atoms with Crippen molar-refractivity contribution in [1.29, 1.82) is 0 Å². The van der Waals surface area contributed by atoms with Crippen LogP contribution in [0.5, 0.6) is 0 Å². The van der Waals surface area contributed by atoms with Crippen molar-refractivity contribution in [2.24, 2.45) is 5.92 Å². The Balaban J connectivity index is 2.18. The lowest BCUT2D eigenvalue weighted by molar-refractivity contribution is -0.122. The van der Waals surface area contributed by atoms with Crippen LogP contribution in [0.4, 0.5) is 0 Å². The van der Waals surface area contributed by atoms with Crippen molar-refractivity contribution in [2.45, 2.75) is 51.7 Å². The fourth-order valence-corrected chi connectivity index (χ4v) is 2.25. The van der Waals surface area contributed by atoms with Crippen molar-refractivity contribution < 1.29 is 9.90 Å². The van der Waals surface area contributed by atoms with Crippen LogP contribution in [0.2, 0.25) is 0 Å². The summed E-state index contributed by atoms with van der Waals surface area (Å²) < 4.78 is 0. The Hall–Kier alpha value is -0.610. The molecule has 1 aliphatic heterocycles. The lowest BCUT2D eigenvalue weighted by Crippen LogP contribution is -2.37. The number of aliphatic hydroxyl groups excluding tert-OH is 1. The normalized spacial score (nSPS) is 21.4. The van der Waals surface area contributed by atoms with Gasteiger partial charge in [-0.1, -0.05) is 0 Å². The van der Waals surface area contributed by atoms with Crippen LogP contribution in [0, 0.1) is 5.92 Å². The van der Waals surface area contributed by atoms with Crippen LogP contribution in [-0.4, -0.2) is 36.2 Å². The van der Waals surface area contributed by atoms with Crippen molar-refractivity contribution in [3.8, 4) is 0 Å². The van der Waals surface area contributed by atoms with Crippen molar-refractivity contribution in [2.75, 3.05) is 13.1 Å². The van der Waals surface area contributed by atoms with Gasteiger partial charge in [0.25, 0.3) is 0 Å². The quantitative estimate of drug-likeness (QED) is 0.647. The molecule has 1 saturated heterocycles. The van der Waals surface area contributed by atoms with Crippen molar-refractivity contribution in [3.05, 3.63) is 0 Å². The summed E-state index contributed by atoms with van der Waals surface area (Å²) in [5, 5.41) is 15.4. The van der Waals surface area contributed by atoms with Gasteiger partial charge in [0, 0.05) is 12.5 Å². The summed E-state index contributed by atoms with van der Waals surface area (Å²) in [6.07, 6.45) is 3.09. The highest BCUT2D eigenvalue weighted by Crippen LogP contribution is 2.15. The molecular formula is C12H24N2O2. The van der Waals surface area contributed by atoms with E-state index in [1.807, 2.05) is 6.92 Å². The standard InChI is InChI=1S/C12H24N2O2/c1-9(7-10(2)15)14-12(16)8-11-3-5-13-6-4-11/h9-11,13,15H,3-8H2,1-2H3,(H,14,16). The molecule has 0 aliphatic carbocycles. The summed E-state index contributed by atoms with van der Waals surface area (Å²) in [5.41, 5.74) is 0. The minimum Gasteiger partial charge on any atom is -0.393 e. The van der Waals surface area contributed by atoms with Crippen molar-refractivity contribution in [1.82, 2.24) is 10.6 Å². The monoisotopic (exact) mass is 228 g/mol. The average Bonchev–Trinajstić information content (AvgIpc) is 2.17. The lowest BCUT2D eigenvalue weighted by atomic mass is 9.94. The van der Waals surface area contributed by atoms with Gasteiger partial charge in [-0.2, -0.15) is 0 Å². The van der Waals surface area contributed by atoms with E-state index in [2.05, 4.69) is 10.6 Å². The zero-order valence-corrected chi connectivity index (χ0v) is 10.3. The average molecular weight is 228 g/mol. The van der Waals surface area contributed by atoms with Crippen LogP contribution in [0.3, 0.4) is 0 Å². The maximum absolute atomic E-state index is 11.7. The van der Waals surface area contributed by atoms with Crippen molar-refractivity contribution >= 4 is 5.91 Å². The minimum absolute atomic E-state index is 0.0641. The molecule has 94 valence electrons. The van der Waals surface area contributed by atoms with Gasteiger partial charge in [-0.3, -0.25) is 4.79 Å². The van der Waals surface area contributed by atoms with E-state index in [4.69, 9.17) is 0 Å². The first kappa shape index (κ1) is 13.5. The number of rotatable bonds is 5. The molecule has 2 atom stereocenters. The van der Waals surface area contributed by atoms with Crippen LogP contribution >= 0.6 is 0 Å². The molecule has 0 aromatic rings. The molecule has 0 spiro atoms. The predicted octanol–water partition coefficient (Wildman–Crippen LogP) is 0.652.